The first-order valence-corrected chi connectivity index (χ1v) is 7.07. The van der Waals surface area contributed by atoms with Crippen molar-refractivity contribution in [2.75, 3.05) is 0 Å². The van der Waals surface area contributed by atoms with Gasteiger partial charge in [0.2, 0.25) is 0 Å². The Kier molecular flexibility index (Phi) is 4.11. The average Bonchev–Trinajstić information content (AvgIpc) is 2.33. The minimum atomic E-state index is -0.192. The van der Waals surface area contributed by atoms with Gasteiger partial charge < -0.3 is 5.73 Å². The molecule has 1 aromatic carbocycles. The van der Waals surface area contributed by atoms with Gasteiger partial charge in [0.1, 0.15) is 0 Å². The maximum atomic E-state index is 6.56. The van der Waals surface area contributed by atoms with Crippen molar-refractivity contribution in [1.29, 1.82) is 0 Å². The van der Waals surface area contributed by atoms with E-state index in [9.17, 15) is 0 Å². The third-order valence-electron chi connectivity index (χ3n) is 4.10. The fourth-order valence-electron chi connectivity index (χ4n) is 3.02. The Morgan fingerprint density at radius 3 is 2.53 bits per heavy atom. The maximum Gasteiger partial charge on any atom is 0.0456 e. The summed E-state index contributed by atoms with van der Waals surface area (Å²) in [7, 11) is 0. The van der Waals surface area contributed by atoms with Gasteiger partial charge in [0, 0.05) is 10.6 Å². The second-order valence-corrected chi connectivity index (χ2v) is 5.78. The van der Waals surface area contributed by atoms with Crippen LogP contribution in [0.2, 0.25) is 5.02 Å². The van der Waals surface area contributed by atoms with Crippen molar-refractivity contribution in [3.05, 3.63) is 34.9 Å². The summed E-state index contributed by atoms with van der Waals surface area (Å²) in [6, 6.07) is 8.04. The Morgan fingerprint density at radius 2 is 1.94 bits per heavy atom. The van der Waals surface area contributed by atoms with Gasteiger partial charge in [-0.3, -0.25) is 0 Å². The highest BCUT2D eigenvalue weighted by Gasteiger charge is 2.34. The van der Waals surface area contributed by atoms with Crippen molar-refractivity contribution >= 4 is 11.6 Å². The lowest BCUT2D eigenvalue weighted by Gasteiger charge is -2.38. The van der Waals surface area contributed by atoms with Crippen molar-refractivity contribution in [1.82, 2.24) is 0 Å². The first-order chi connectivity index (χ1) is 8.15. The summed E-state index contributed by atoms with van der Waals surface area (Å²) in [5.41, 5.74) is 7.50. The zero-order valence-electron chi connectivity index (χ0n) is 10.6. The monoisotopic (exact) mass is 251 g/mol. The summed E-state index contributed by atoms with van der Waals surface area (Å²) in [4.78, 5) is 0. The van der Waals surface area contributed by atoms with Gasteiger partial charge in [-0.1, -0.05) is 49.6 Å². The van der Waals surface area contributed by atoms with E-state index >= 15 is 0 Å². The van der Waals surface area contributed by atoms with Crippen LogP contribution < -0.4 is 5.73 Å². The van der Waals surface area contributed by atoms with Gasteiger partial charge in [-0.15, -0.1) is 0 Å². The van der Waals surface area contributed by atoms with E-state index in [4.69, 9.17) is 17.3 Å². The van der Waals surface area contributed by atoms with Gasteiger partial charge in [0.15, 0.2) is 0 Å². The first kappa shape index (κ1) is 12.9. The van der Waals surface area contributed by atoms with Gasteiger partial charge >= 0.3 is 0 Å². The number of nitrogens with two attached hydrogens (primary N) is 1. The molecule has 1 fully saturated rings. The molecule has 0 amide bonds. The van der Waals surface area contributed by atoms with Crippen molar-refractivity contribution in [3.63, 3.8) is 0 Å². The lowest BCUT2D eigenvalue weighted by Crippen LogP contribution is -2.40. The second-order valence-electron chi connectivity index (χ2n) is 5.37. The predicted octanol–water partition coefficient (Wildman–Crippen LogP) is 4.48. The Bertz CT molecular complexity index is 367. The highest BCUT2D eigenvalue weighted by molar-refractivity contribution is 6.31. The molecule has 1 saturated carbocycles. The molecular formula is C15H22ClN. The topological polar surface area (TPSA) is 26.0 Å². The summed E-state index contributed by atoms with van der Waals surface area (Å²) < 4.78 is 0. The predicted molar refractivity (Wildman–Crippen MR) is 74.2 cm³/mol. The van der Waals surface area contributed by atoms with E-state index in [1.165, 1.54) is 25.7 Å². The number of rotatable bonds is 3. The lowest BCUT2D eigenvalue weighted by atomic mass is 9.72. The minimum absolute atomic E-state index is 0.192. The van der Waals surface area contributed by atoms with Crippen molar-refractivity contribution in [2.24, 2.45) is 11.7 Å². The molecule has 1 aliphatic rings. The van der Waals surface area contributed by atoms with E-state index in [1.54, 1.807) is 0 Å². The highest BCUT2D eigenvalue weighted by atomic mass is 35.5. The fraction of sp³-hybridized carbons (Fsp3) is 0.600. The van der Waals surface area contributed by atoms with Crippen LogP contribution in [0.15, 0.2) is 24.3 Å². The van der Waals surface area contributed by atoms with E-state index in [-0.39, 0.29) is 5.54 Å². The summed E-state index contributed by atoms with van der Waals surface area (Å²) in [6.07, 6.45) is 7.26. The normalized spacial score (nSPS) is 29.2. The van der Waals surface area contributed by atoms with Crippen molar-refractivity contribution in [3.8, 4) is 0 Å². The molecule has 0 aliphatic heterocycles. The van der Waals surface area contributed by atoms with Crippen LogP contribution in [0.4, 0.5) is 0 Å². The van der Waals surface area contributed by atoms with E-state index in [0.717, 1.165) is 29.3 Å². The van der Waals surface area contributed by atoms with Crippen LogP contribution in [-0.2, 0) is 5.54 Å². The third-order valence-corrected chi connectivity index (χ3v) is 4.43. The van der Waals surface area contributed by atoms with Crippen LogP contribution in [-0.4, -0.2) is 0 Å². The van der Waals surface area contributed by atoms with Crippen molar-refractivity contribution in [2.45, 2.75) is 51.0 Å². The molecule has 1 nitrogen and oxygen atoms in total. The molecule has 17 heavy (non-hydrogen) atoms. The molecule has 0 unspecified atom stereocenters. The highest BCUT2D eigenvalue weighted by Crippen LogP contribution is 2.41. The quantitative estimate of drug-likeness (QED) is 0.842. The average molecular weight is 252 g/mol. The Balaban J connectivity index is 2.10. The molecule has 0 spiro atoms. The Morgan fingerprint density at radius 1 is 1.29 bits per heavy atom. The third kappa shape index (κ3) is 2.83. The van der Waals surface area contributed by atoms with Gasteiger partial charge in [0.25, 0.3) is 0 Å². The van der Waals surface area contributed by atoms with E-state index in [0.29, 0.717) is 0 Å². The van der Waals surface area contributed by atoms with Crippen LogP contribution in [0.5, 0.6) is 0 Å². The van der Waals surface area contributed by atoms with Crippen LogP contribution >= 0.6 is 11.6 Å². The zero-order chi connectivity index (χ0) is 12.3. The molecule has 1 aliphatic carbocycles. The van der Waals surface area contributed by atoms with Gasteiger partial charge in [-0.05, 0) is 43.2 Å². The van der Waals surface area contributed by atoms with Gasteiger partial charge in [-0.25, -0.2) is 0 Å². The molecule has 1 aromatic rings. The Labute approximate surface area is 109 Å². The number of halogens is 1. The van der Waals surface area contributed by atoms with Crippen LogP contribution in [0.1, 0.15) is 51.0 Å². The summed E-state index contributed by atoms with van der Waals surface area (Å²) in [5, 5.41) is 0.823. The number of hydrogen-bond acceptors (Lipinski definition) is 1. The Hall–Kier alpha value is -0.530. The standard InChI is InChI=1S/C15H22ClN/c1-2-5-12-8-10-15(17,11-9-12)13-6-3-4-7-14(13)16/h3-4,6-7,12H,2,5,8-11,17H2,1H3. The summed E-state index contributed by atoms with van der Waals surface area (Å²) >= 11 is 6.26. The molecule has 0 radical (unpaired) electrons. The second kappa shape index (κ2) is 5.41. The molecule has 0 atom stereocenters. The molecule has 2 N–H and O–H groups in total. The minimum Gasteiger partial charge on any atom is -0.321 e. The number of hydrogen-bond donors (Lipinski definition) is 1. The molecule has 94 valence electrons. The van der Waals surface area contributed by atoms with Gasteiger partial charge in [0.05, 0.1) is 0 Å². The maximum absolute atomic E-state index is 6.56. The molecular weight excluding hydrogens is 230 g/mol. The van der Waals surface area contributed by atoms with Crippen LogP contribution in [0.25, 0.3) is 0 Å². The van der Waals surface area contributed by atoms with Gasteiger partial charge in [-0.2, -0.15) is 0 Å². The molecule has 2 heteroatoms. The fourth-order valence-corrected chi connectivity index (χ4v) is 3.35. The largest absolute Gasteiger partial charge is 0.321 e. The van der Waals surface area contributed by atoms with Crippen molar-refractivity contribution < 1.29 is 0 Å². The van der Waals surface area contributed by atoms with E-state index in [1.807, 2.05) is 18.2 Å². The molecule has 0 saturated heterocycles. The summed E-state index contributed by atoms with van der Waals surface area (Å²) in [5.74, 6) is 0.874. The molecule has 2 rings (SSSR count). The molecule has 0 aromatic heterocycles. The van der Waals surface area contributed by atoms with Crippen LogP contribution in [0.3, 0.4) is 0 Å². The van der Waals surface area contributed by atoms with E-state index in [2.05, 4.69) is 13.0 Å². The number of benzene rings is 1. The zero-order valence-corrected chi connectivity index (χ0v) is 11.3. The van der Waals surface area contributed by atoms with E-state index < -0.39 is 0 Å². The SMILES string of the molecule is CCCC1CCC(N)(c2ccccc2Cl)CC1. The molecule has 0 heterocycles. The molecule has 0 bridgehead atoms. The van der Waals surface area contributed by atoms with Crippen LogP contribution in [0, 0.1) is 5.92 Å². The lowest BCUT2D eigenvalue weighted by molar-refractivity contribution is 0.226. The summed E-state index contributed by atoms with van der Waals surface area (Å²) in [6.45, 7) is 2.26. The smallest absolute Gasteiger partial charge is 0.0456 e. The first-order valence-electron chi connectivity index (χ1n) is 6.69.